The van der Waals surface area contributed by atoms with Gasteiger partial charge in [-0.2, -0.15) is 5.10 Å². The van der Waals surface area contributed by atoms with E-state index in [1.807, 2.05) is 11.7 Å². The minimum Gasteiger partial charge on any atom is -0.307 e. The summed E-state index contributed by atoms with van der Waals surface area (Å²) in [5.74, 6) is 2.74. The Morgan fingerprint density at radius 3 is 2.81 bits per heavy atom. The third-order valence-corrected chi connectivity index (χ3v) is 3.95. The molecule has 1 N–H and O–H groups in total. The second kappa shape index (κ2) is 4.95. The number of nitrogens with zero attached hydrogens (tertiary/aromatic N) is 3. The summed E-state index contributed by atoms with van der Waals surface area (Å²) >= 11 is 0. The Labute approximate surface area is 97.5 Å². The van der Waals surface area contributed by atoms with Crippen molar-refractivity contribution >= 4 is 0 Å². The molecule has 0 amide bonds. The van der Waals surface area contributed by atoms with Crippen LogP contribution < -0.4 is 5.32 Å². The standard InChI is InChI=1S/C12H22N4/c1-9-4-5-11(6-10(9)2)13-7-12-14-8-15-16(12)3/h8-11,13H,4-7H2,1-3H3. The molecule has 0 bridgehead atoms. The Hall–Kier alpha value is -0.900. The average Bonchev–Trinajstić information content (AvgIpc) is 2.66. The van der Waals surface area contributed by atoms with Gasteiger partial charge >= 0.3 is 0 Å². The normalized spacial score (nSPS) is 30.6. The molecule has 3 atom stereocenters. The zero-order valence-electron chi connectivity index (χ0n) is 10.5. The van der Waals surface area contributed by atoms with Gasteiger partial charge in [-0.05, 0) is 31.1 Å². The molecule has 0 saturated heterocycles. The van der Waals surface area contributed by atoms with Gasteiger partial charge in [0.05, 0.1) is 6.54 Å². The van der Waals surface area contributed by atoms with Gasteiger partial charge in [-0.3, -0.25) is 4.68 Å². The van der Waals surface area contributed by atoms with Crippen LogP contribution in [0.25, 0.3) is 0 Å². The summed E-state index contributed by atoms with van der Waals surface area (Å²) in [6, 6.07) is 0.655. The van der Waals surface area contributed by atoms with Crippen LogP contribution in [0, 0.1) is 11.8 Å². The van der Waals surface area contributed by atoms with Gasteiger partial charge in [-0.1, -0.05) is 13.8 Å². The predicted molar refractivity (Wildman–Crippen MR) is 63.8 cm³/mol. The van der Waals surface area contributed by atoms with Crippen molar-refractivity contribution < 1.29 is 0 Å². The Bertz CT molecular complexity index is 334. The summed E-state index contributed by atoms with van der Waals surface area (Å²) in [5.41, 5.74) is 0. The number of nitrogens with one attached hydrogen (secondary N) is 1. The fourth-order valence-electron chi connectivity index (χ4n) is 2.45. The summed E-state index contributed by atoms with van der Waals surface area (Å²) in [6.45, 7) is 5.56. The summed E-state index contributed by atoms with van der Waals surface area (Å²) in [6.07, 6.45) is 5.54. The Balaban J connectivity index is 1.81. The van der Waals surface area contributed by atoms with Gasteiger partial charge in [0.25, 0.3) is 0 Å². The third kappa shape index (κ3) is 2.61. The highest BCUT2D eigenvalue weighted by Gasteiger charge is 2.24. The molecule has 0 spiro atoms. The molecule has 0 radical (unpaired) electrons. The number of rotatable bonds is 3. The maximum Gasteiger partial charge on any atom is 0.140 e. The van der Waals surface area contributed by atoms with Gasteiger partial charge < -0.3 is 5.32 Å². The van der Waals surface area contributed by atoms with Gasteiger partial charge in [0, 0.05) is 13.1 Å². The molecule has 1 aromatic rings. The van der Waals surface area contributed by atoms with E-state index in [9.17, 15) is 0 Å². The topological polar surface area (TPSA) is 42.7 Å². The van der Waals surface area contributed by atoms with Crippen LogP contribution in [0.3, 0.4) is 0 Å². The van der Waals surface area contributed by atoms with Crippen LogP contribution in [-0.2, 0) is 13.6 Å². The summed E-state index contributed by atoms with van der Waals surface area (Å²) < 4.78 is 1.84. The van der Waals surface area contributed by atoms with Gasteiger partial charge in [0.2, 0.25) is 0 Å². The van der Waals surface area contributed by atoms with Crippen LogP contribution in [0.4, 0.5) is 0 Å². The van der Waals surface area contributed by atoms with Gasteiger partial charge in [-0.15, -0.1) is 0 Å². The highest BCUT2D eigenvalue weighted by Crippen LogP contribution is 2.29. The van der Waals surface area contributed by atoms with E-state index < -0.39 is 0 Å². The summed E-state index contributed by atoms with van der Waals surface area (Å²) in [7, 11) is 1.94. The molecule has 3 unspecified atom stereocenters. The Kier molecular flexibility index (Phi) is 3.59. The molecule has 16 heavy (non-hydrogen) atoms. The van der Waals surface area contributed by atoms with E-state index in [-0.39, 0.29) is 0 Å². The van der Waals surface area contributed by atoms with Crippen molar-refractivity contribution in [2.24, 2.45) is 18.9 Å². The van der Waals surface area contributed by atoms with Crippen LogP contribution in [0.15, 0.2) is 6.33 Å². The predicted octanol–water partition coefficient (Wildman–Crippen LogP) is 1.73. The van der Waals surface area contributed by atoms with Crippen molar-refractivity contribution in [1.82, 2.24) is 20.1 Å². The van der Waals surface area contributed by atoms with Crippen LogP contribution in [0.1, 0.15) is 38.9 Å². The second-order valence-corrected chi connectivity index (χ2v) is 5.15. The van der Waals surface area contributed by atoms with Crippen LogP contribution in [0.2, 0.25) is 0 Å². The smallest absolute Gasteiger partial charge is 0.140 e. The Morgan fingerprint density at radius 1 is 1.38 bits per heavy atom. The van der Waals surface area contributed by atoms with Crippen LogP contribution >= 0.6 is 0 Å². The molecule has 0 aromatic carbocycles. The lowest BCUT2D eigenvalue weighted by Gasteiger charge is -2.32. The maximum atomic E-state index is 4.22. The van der Waals surface area contributed by atoms with Crippen molar-refractivity contribution in [3.05, 3.63) is 12.2 Å². The highest BCUT2D eigenvalue weighted by molar-refractivity contribution is 4.86. The van der Waals surface area contributed by atoms with E-state index in [1.54, 1.807) is 6.33 Å². The first kappa shape index (κ1) is 11.6. The number of aryl methyl sites for hydroxylation is 1. The van der Waals surface area contributed by atoms with Crippen LogP contribution in [0.5, 0.6) is 0 Å². The number of hydrogen-bond acceptors (Lipinski definition) is 3. The zero-order chi connectivity index (χ0) is 11.5. The molecule has 1 saturated carbocycles. The minimum atomic E-state index is 0.655. The van der Waals surface area contributed by atoms with E-state index in [1.165, 1.54) is 19.3 Å². The molecule has 4 heteroatoms. The first-order valence-corrected chi connectivity index (χ1v) is 6.23. The first-order valence-electron chi connectivity index (χ1n) is 6.23. The molecule has 1 fully saturated rings. The monoisotopic (exact) mass is 222 g/mol. The van der Waals surface area contributed by atoms with Crippen molar-refractivity contribution in [2.75, 3.05) is 0 Å². The molecule has 2 rings (SSSR count). The summed E-state index contributed by atoms with van der Waals surface area (Å²) in [4.78, 5) is 4.22. The largest absolute Gasteiger partial charge is 0.307 e. The molecule has 4 nitrogen and oxygen atoms in total. The van der Waals surface area contributed by atoms with Gasteiger partial charge in [0.15, 0.2) is 0 Å². The molecular weight excluding hydrogens is 200 g/mol. The molecule has 90 valence electrons. The molecule has 1 aliphatic rings. The zero-order valence-corrected chi connectivity index (χ0v) is 10.5. The average molecular weight is 222 g/mol. The van der Waals surface area contributed by atoms with Crippen molar-refractivity contribution in [3.63, 3.8) is 0 Å². The molecular formula is C12H22N4. The Morgan fingerprint density at radius 2 is 2.19 bits per heavy atom. The SMILES string of the molecule is CC1CCC(NCc2ncnn2C)CC1C. The fourth-order valence-corrected chi connectivity index (χ4v) is 2.45. The fraction of sp³-hybridized carbons (Fsp3) is 0.833. The number of hydrogen-bond donors (Lipinski definition) is 1. The van der Waals surface area contributed by atoms with Gasteiger partial charge in [0.1, 0.15) is 12.2 Å². The second-order valence-electron chi connectivity index (χ2n) is 5.15. The van der Waals surface area contributed by atoms with Crippen molar-refractivity contribution in [3.8, 4) is 0 Å². The lowest BCUT2D eigenvalue weighted by Crippen LogP contribution is -2.36. The van der Waals surface area contributed by atoms with E-state index in [0.29, 0.717) is 6.04 Å². The number of aromatic nitrogens is 3. The van der Waals surface area contributed by atoms with E-state index >= 15 is 0 Å². The summed E-state index contributed by atoms with van der Waals surface area (Å²) in [5, 5.41) is 7.67. The van der Waals surface area contributed by atoms with E-state index in [2.05, 4.69) is 29.2 Å². The lowest BCUT2D eigenvalue weighted by atomic mass is 9.79. The van der Waals surface area contributed by atoms with Crippen molar-refractivity contribution in [1.29, 1.82) is 0 Å². The molecule has 0 aliphatic heterocycles. The molecule has 1 heterocycles. The third-order valence-electron chi connectivity index (χ3n) is 3.95. The molecule has 1 aromatic heterocycles. The lowest BCUT2D eigenvalue weighted by molar-refractivity contribution is 0.224. The van der Waals surface area contributed by atoms with Crippen LogP contribution in [-0.4, -0.2) is 20.8 Å². The minimum absolute atomic E-state index is 0.655. The highest BCUT2D eigenvalue weighted by atomic mass is 15.3. The maximum absolute atomic E-state index is 4.22. The van der Waals surface area contributed by atoms with E-state index in [0.717, 1.165) is 24.2 Å². The molecule has 1 aliphatic carbocycles. The quantitative estimate of drug-likeness (QED) is 0.847. The van der Waals surface area contributed by atoms with Gasteiger partial charge in [-0.25, -0.2) is 4.98 Å². The van der Waals surface area contributed by atoms with E-state index in [4.69, 9.17) is 0 Å². The first-order chi connectivity index (χ1) is 7.66. The van der Waals surface area contributed by atoms with Crippen molar-refractivity contribution in [2.45, 2.75) is 45.7 Å².